The van der Waals surface area contributed by atoms with Crippen LogP contribution in [0.1, 0.15) is 141 Å². The first-order chi connectivity index (χ1) is 19.6. The molecule has 0 saturated heterocycles. The molecule has 0 aromatic carbocycles. The van der Waals surface area contributed by atoms with E-state index in [1.54, 1.807) is 13.8 Å². The molecular formula is C38H62O5. The van der Waals surface area contributed by atoms with Crippen molar-refractivity contribution < 1.29 is 24.2 Å². The van der Waals surface area contributed by atoms with E-state index in [2.05, 4.69) is 54.5 Å². The molecule has 0 unspecified atom stereocenters. The Labute approximate surface area is 262 Å². The molecule has 5 rings (SSSR count). The van der Waals surface area contributed by atoms with Crippen LogP contribution in [0.2, 0.25) is 0 Å². The molecule has 0 aromatic rings. The standard InChI is InChI=1S/C38H62O5/c1-23-15-20-38(31(41)43-34(8,9)30(40)42-32(3,4)5)22-21-36(11)25(29(38)24(23)2)13-14-27-35(10)18-17-28(39)33(6,7)26(35)16-19-37(27,36)12/h13,23-24,26-29,39H,14-22H2,1-12H3/t23-,24+,26+,27-,28+,29+,35+,36-,37-,38+/m1/s1. The number of carbonyl (C=O) groups excluding carboxylic acids is 2. The molecule has 43 heavy (non-hydrogen) atoms. The number of esters is 2. The third-order valence-electron chi connectivity index (χ3n) is 14.6. The van der Waals surface area contributed by atoms with Gasteiger partial charge in [-0.25, -0.2) is 4.79 Å². The predicted molar refractivity (Wildman–Crippen MR) is 171 cm³/mol. The van der Waals surface area contributed by atoms with Crippen LogP contribution in [0, 0.1) is 56.7 Å². The second-order valence-electron chi connectivity index (χ2n) is 18.6. The minimum Gasteiger partial charge on any atom is -0.457 e. The molecule has 5 aliphatic rings. The Balaban J connectivity index is 1.53. The quantitative estimate of drug-likeness (QED) is 0.260. The lowest BCUT2D eigenvalue weighted by molar-refractivity contribution is -0.212. The van der Waals surface area contributed by atoms with Gasteiger partial charge in [-0.15, -0.1) is 0 Å². The molecule has 0 amide bonds. The Bertz CT molecular complexity index is 1180. The molecular weight excluding hydrogens is 536 g/mol. The first kappa shape index (κ1) is 33.0. The van der Waals surface area contributed by atoms with E-state index in [1.807, 2.05) is 20.8 Å². The molecule has 0 heterocycles. The molecule has 0 spiro atoms. The second-order valence-corrected chi connectivity index (χ2v) is 18.6. The molecule has 4 fully saturated rings. The summed E-state index contributed by atoms with van der Waals surface area (Å²) in [5.74, 6) is 1.37. The van der Waals surface area contributed by atoms with Crippen LogP contribution in [0.5, 0.6) is 0 Å². The normalized spacial score (nSPS) is 45.8. The van der Waals surface area contributed by atoms with Gasteiger partial charge in [-0.1, -0.05) is 60.1 Å². The van der Waals surface area contributed by atoms with Crippen LogP contribution in [0.4, 0.5) is 0 Å². The number of hydrogen-bond donors (Lipinski definition) is 1. The zero-order valence-corrected chi connectivity index (χ0v) is 29.5. The minimum atomic E-state index is -1.35. The number of aliphatic hydroxyl groups is 1. The third-order valence-corrected chi connectivity index (χ3v) is 14.6. The number of ether oxygens (including phenoxy) is 2. The SMILES string of the molecule is C[C@H]1[C@H](C)CC[C@]2(C(=O)OC(C)(C)C(=O)OC(C)(C)C)CC[C@]3(C)C(=CC[C@@H]4[C@@]5(C)CC[C@H](O)C(C)(C)[C@@H]5CC[C@]43C)[C@H]12. The zero-order valence-electron chi connectivity index (χ0n) is 29.5. The smallest absolute Gasteiger partial charge is 0.350 e. The summed E-state index contributed by atoms with van der Waals surface area (Å²) in [7, 11) is 0. The van der Waals surface area contributed by atoms with Gasteiger partial charge in [-0.3, -0.25) is 4.79 Å². The number of carbonyl (C=O) groups is 2. The largest absolute Gasteiger partial charge is 0.457 e. The average molecular weight is 599 g/mol. The van der Waals surface area contributed by atoms with E-state index in [9.17, 15) is 14.7 Å². The molecule has 0 aromatic heterocycles. The zero-order chi connectivity index (χ0) is 32.2. The molecule has 10 atom stereocenters. The van der Waals surface area contributed by atoms with Gasteiger partial charge in [0, 0.05) is 0 Å². The number of hydrogen-bond acceptors (Lipinski definition) is 5. The fourth-order valence-electron chi connectivity index (χ4n) is 11.6. The Kier molecular flexibility index (Phi) is 7.73. The molecule has 5 heteroatoms. The van der Waals surface area contributed by atoms with Crippen LogP contribution in [-0.4, -0.2) is 34.4 Å². The molecule has 1 N–H and O–H groups in total. The predicted octanol–water partition coefficient (Wildman–Crippen LogP) is 8.67. The summed E-state index contributed by atoms with van der Waals surface area (Å²) in [4.78, 5) is 27.6. The molecule has 4 saturated carbocycles. The van der Waals surface area contributed by atoms with Crippen molar-refractivity contribution in [2.75, 3.05) is 0 Å². The summed E-state index contributed by atoms with van der Waals surface area (Å²) >= 11 is 0. The van der Waals surface area contributed by atoms with Crippen molar-refractivity contribution in [3.8, 4) is 0 Å². The molecule has 0 bridgehead atoms. The molecule has 244 valence electrons. The van der Waals surface area contributed by atoms with E-state index in [-0.39, 0.29) is 39.7 Å². The van der Waals surface area contributed by atoms with Crippen molar-refractivity contribution in [1.29, 1.82) is 0 Å². The van der Waals surface area contributed by atoms with E-state index in [4.69, 9.17) is 9.47 Å². The highest BCUT2D eigenvalue weighted by molar-refractivity contribution is 5.86. The van der Waals surface area contributed by atoms with Crippen LogP contribution >= 0.6 is 0 Å². The van der Waals surface area contributed by atoms with Crippen molar-refractivity contribution in [1.82, 2.24) is 0 Å². The van der Waals surface area contributed by atoms with Crippen molar-refractivity contribution in [3.63, 3.8) is 0 Å². The first-order valence-corrected chi connectivity index (χ1v) is 17.4. The van der Waals surface area contributed by atoms with Crippen molar-refractivity contribution >= 4 is 11.9 Å². The van der Waals surface area contributed by atoms with Crippen LogP contribution < -0.4 is 0 Å². The number of allylic oxidation sites excluding steroid dienone is 2. The van der Waals surface area contributed by atoms with E-state index in [0.717, 1.165) is 51.4 Å². The molecule has 5 nitrogen and oxygen atoms in total. The Morgan fingerprint density at radius 3 is 2.12 bits per heavy atom. The van der Waals surface area contributed by atoms with Gasteiger partial charge in [-0.2, -0.15) is 0 Å². The van der Waals surface area contributed by atoms with Gasteiger partial charge in [-0.05, 0) is 144 Å². The monoisotopic (exact) mass is 598 g/mol. The maximum absolute atomic E-state index is 14.5. The van der Waals surface area contributed by atoms with E-state index in [1.165, 1.54) is 12.0 Å². The van der Waals surface area contributed by atoms with Gasteiger partial charge >= 0.3 is 11.9 Å². The first-order valence-electron chi connectivity index (χ1n) is 17.4. The summed E-state index contributed by atoms with van der Waals surface area (Å²) in [5, 5.41) is 11.0. The maximum Gasteiger partial charge on any atom is 0.350 e. The summed E-state index contributed by atoms with van der Waals surface area (Å²) in [6.45, 7) is 25.9. The van der Waals surface area contributed by atoms with Gasteiger partial charge < -0.3 is 14.6 Å². The van der Waals surface area contributed by atoms with E-state index >= 15 is 0 Å². The second kappa shape index (κ2) is 10.1. The summed E-state index contributed by atoms with van der Waals surface area (Å²) in [5.41, 5.74) is -0.852. The van der Waals surface area contributed by atoms with Crippen molar-refractivity contribution in [3.05, 3.63) is 11.6 Å². The van der Waals surface area contributed by atoms with E-state index in [0.29, 0.717) is 23.7 Å². The lowest BCUT2D eigenvalue weighted by atomic mass is 9.33. The Morgan fingerprint density at radius 1 is 0.837 bits per heavy atom. The lowest BCUT2D eigenvalue weighted by Crippen LogP contribution is -2.65. The fourth-order valence-corrected chi connectivity index (χ4v) is 11.6. The Morgan fingerprint density at radius 2 is 1.49 bits per heavy atom. The fraction of sp³-hybridized carbons (Fsp3) is 0.895. The van der Waals surface area contributed by atoms with Gasteiger partial charge in [0.15, 0.2) is 0 Å². The number of aliphatic hydroxyl groups excluding tert-OH is 1. The van der Waals surface area contributed by atoms with Gasteiger partial charge in [0.25, 0.3) is 0 Å². The van der Waals surface area contributed by atoms with Crippen LogP contribution in [0.3, 0.4) is 0 Å². The molecule has 0 radical (unpaired) electrons. The lowest BCUT2D eigenvalue weighted by Gasteiger charge is -2.71. The van der Waals surface area contributed by atoms with E-state index < -0.39 is 22.6 Å². The molecule has 0 aliphatic heterocycles. The van der Waals surface area contributed by atoms with Crippen molar-refractivity contribution in [2.24, 2.45) is 56.7 Å². The van der Waals surface area contributed by atoms with Gasteiger partial charge in [0.1, 0.15) is 5.60 Å². The van der Waals surface area contributed by atoms with Crippen LogP contribution in [-0.2, 0) is 19.1 Å². The number of fused-ring (bicyclic) bond motifs is 7. The summed E-state index contributed by atoms with van der Waals surface area (Å²) in [6, 6.07) is 0. The highest BCUT2D eigenvalue weighted by Gasteiger charge is 2.70. The minimum absolute atomic E-state index is 0.00452. The van der Waals surface area contributed by atoms with Crippen LogP contribution in [0.25, 0.3) is 0 Å². The van der Waals surface area contributed by atoms with Crippen molar-refractivity contribution in [2.45, 2.75) is 158 Å². The highest BCUT2D eigenvalue weighted by atomic mass is 16.6. The average Bonchev–Trinajstić information content (AvgIpc) is 2.87. The topological polar surface area (TPSA) is 72.8 Å². The number of rotatable bonds is 3. The molecule has 5 aliphatic carbocycles. The summed E-state index contributed by atoms with van der Waals surface area (Å²) in [6.07, 6.45) is 11.3. The van der Waals surface area contributed by atoms with Gasteiger partial charge in [0.05, 0.1) is 11.5 Å². The third kappa shape index (κ3) is 4.70. The summed E-state index contributed by atoms with van der Waals surface area (Å²) < 4.78 is 11.9. The van der Waals surface area contributed by atoms with Crippen LogP contribution in [0.15, 0.2) is 11.6 Å². The maximum atomic E-state index is 14.5. The highest BCUT2D eigenvalue weighted by Crippen LogP contribution is 2.75. The Hall–Kier alpha value is -1.36. The van der Waals surface area contributed by atoms with Gasteiger partial charge in [0.2, 0.25) is 5.60 Å².